The molecule has 0 saturated carbocycles. The van der Waals surface area contributed by atoms with Gasteiger partial charge in [0.25, 0.3) is 0 Å². The molecule has 1 atom stereocenters. The second-order valence-corrected chi connectivity index (χ2v) is 9.02. The highest BCUT2D eigenvalue weighted by Gasteiger charge is 2.38. The summed E-state index contributed by atoms with van der Waals surface area (Å²) in [6, 6.07) is 17.7. The Hall–Kier alpha value is -2.81. The van der Waals surface area contributed by atoms with Crippen LogP contribution in [-0.4, -0.2) is 11.1 Å². The largest absolute Gasteiger partial charge is 0.318 e. The molecule has 1 aliphatic rings. The van der Waals surface area contributed by atoms with E-state index in [0.717, 1.165) is 5.69 Å². The number of aromatic nitrogens is 1. The van der Waals surface area contributed by atoms with Crippen LogP contribution in [0.3, 0.4) is 0 Å². The minimum Gasteiger partial charge on any atom is -0.318 e. The van der Waals surface area contributed by atoms with E-state index < -0.39 is 0 Å². The van der Waals surface area contributed by atoms with E-state index in [4.69, 9.17) is 0 Å². The maximum absolute atomic E-state index is 4.62. The molecule has 2 heterocycles. The molecule has 156 valence electrons. The molecule has 1 aromatic heterocycles. The van der Waals surface area contributed by atoms with E-state index in [-0.39, 0.29) is 6.17 Å². The molecular formula is C27H33N3. The molecule has 30 heavy (non-hydrogen) atoms. The topological polar surface area (TPSA) is 19.4 Å². The zero-order chi connectivity index (χ0) is 21.6. The van der Waals surface area contributed by atoms with Gasteiger partial charge in [-0.3, -0.25) is 4.98 Å². The van der Waals surface area contributed by atoms with Crippen LogP contribution in [0.5, 0.6) is 0 Å². The Balaban J connectivity index is 1.99. The minimum absolute atomic E-state index is 0.154. The summed E-state index contributed by atoms with van der Waals surface area (Å²) >= 11 is 0. The summed E-state index contributed by atoms with van der Waals surface area (Å²) in [6.45, 7) is 15.8. The van der Waals surface area contributed by atoms with E-state index in [1.54, 1.807) is 0 Å². The van der Waals surface area contributed by atoms with Crippen LogP contribution in [0.1, 0.15) is 68.8 Å². The molecule has 0 saturated heterocycles. The van der Waals surface area contributed by atoms with Crippen molar-refractivity contribution in [1.29, 1.82) is 0 Å². The monoisotopic (exact) mass is 399 g/mol. The van der Waals surface area contributed by atoms with Gasteiger partial charge in [0.2, 0.25) is 0 Å². The van der Waals surface area contributed by atoms with Crippen molar-refractivity contribution in [2.75, 3.05) is 9.80 Å². The highest BCUT2D eigenvalue weighted by atomic mass is 15.4. The molecule has 1 aliphatic heterocycles. The Bertz CT molecular complexity index is 1020. The molecule has 3 aromatic rings. The number of para-hydroxylation sites is 3. The summed E-state index contributed by atoms with van der Waals surface area (Å²) in [4.78, 5) is 9.64. The lowest BCUT2D eigenvalue weighted by Gasteiger charge is -2.35. The fraction of sp³-hybridized carbons (Fsp3) is 0.370. The van der Waals surface area contributed by atoms with E-state index in [9.17, 15) is 0 Å². The van der Waals surface area contributed by atoms with Gasteiger partial charge in [-0.15, -0.1) is 0 Å². The first-order valence-corrected chi connectivity index (χ1v) is 11.1. The summed E-state index contributed by atoms with van der Waals surface area (Å²) in [5.41, 5.74) is 10.2. The number of pyridine rings is 1. The van der Waals surface area contributed by atoms with Gasteiger partial charge in [-0.2, -0.15) is 0 Å². The van der Waals surface area contributed by atoms with Crippen LogP contribution in [0.4, 0.5) is 22.7 Å². The Morgan fingerprint density at radius 1 is 0.733 bits per heavy atom. The van der Waals surface area contributed by atoms with E-state index >= 15 is 0 Å². The highest BCUT2D eigenvalue weighted by molar-refractivity contribution is 5.90. The molecule has 0 fully saturated rings. The van der Waals surface area contributed by atoms with Crippen LogP contribution in [-0.2, 0) is 0 Å². The highest BCUT2D eigenvalue weighted by Crippen LogP contribution is 2.51. The van der Waals surface area contributed by atoms with Gasteiger partial charge in [-0.1, -0.05) is 58.0 Å². The van der Waals surface area contributed by atoms with Gasteiger partial charge >= 0.3 is 0 Å². The first kappa shape index (κ1) is 20.5. The lowest BCUT2D eigenvalue weighted by Crippen LogP contribution is -2.37. The van der Waals surface area contributed by atoms with Gasteiger partial charge in [-0.25, -0.2) is 0 Å². The molecule has 0 radical (unpaired) electrons. The predicted molar refractivity (Wildman–Crippen MR) is 129 cm³/mol. The van der Waals surface area contributed by atoms with Crippen molar-refractivity contribution in [3.8, 4) is 0 Å². The van der Waals surface area contributed by atoms with Crippen LogP contribution >= 0.6 is 0 Å². The van der Waals surface area contributed by atoms with Gasteiger partial charge in [-0.05, 0) is 67.5 Å². The number of hydrogen-bond donors (Lipinski definition) is 0. The minimum atomic E-state index is 0.154. The van der Waals surface area contributed by atoms with Crippen molar-refractivity contribution in [1.82, 2.24) is 4.98 Å². The molecule has 0 bridgehead atoms. The maximum Gasteiger partial charge on any atom is 0.108 e. The first-order valence-electron chi connectivity index (χ1n) is 11.1. The number of fused-ring (bicyclic) bond motifs is 1. The van der Waals surface area contributed by atoms with E-state index in [1.165, 1.54) is 39.4 Å². The molecule has 0 N–H and O–H groups in total. The number of anilines is 4. The van der Waals surface area contributed by atoms with Crippen molar-refractivity contribution in [3.63, 3.8) is 0 Å². The molecular weight excluding hydrogens is 366 g/mol. The van der Waals surface area contributed by atoms with E-state index in [0.29, 0.717) is 11.8 Å². The second-order valence-electron chi connectivity index (χ2n) is 9.02. The van der Waals surface area contributed by atoms with Crippen molar-refractivity contribution in [2.24, 2.45) is 0 Å². The van der Waals surface area contributed by atoms with Crippen molar-refractivity contribution < 1.29 is 0 Å². The summed E-state index contributed by atoms with van der Waals surface area (Å²) in [5, 5.41) is 0. The standard InChI is InChI=1S/C27H33N3/c1-17(2)22-11-10-12-23(18(3)4)27(22)30-21(7)29(24-13-8-9-14-25(24)30)26-19(5)15-16-28-20(26)6/h8-18,21H,1-7H3/t21-/m0/s1. The smallest absolute Gasteiger partial charge is 0.108 e. The zero-order valence-corrected chi connectivity index (χ0v) is 19.3. The number of nitrogens with zero attached hydrogens (tertiary/aromatic N) is 3. The molecule has 0 unspecified atom stereocenters. The molecule has 0 spiro atoms. The summed E-state index contributed by atoms with van der Waals surface area (Å²) < 4.78 is 0. The predicted octanol–water partition coefficient (Wildman–Crippen LogP) is 7.58. The van der Waals surface area contributed by atoms with Gasteiger partial charge in [0.1, 0.15) is 6.17 Å². The second kappa shape index (κ2) is 7.79. The van der Waals surface area contributed by atoms with Crippen LogP contribution in [0.25, 0.3) is 0 Å². The molecule has 2 aromatic carbocycles. The van der Waals surface area contributed by atoms with Gasteiger partial charge < -0.3 is 9.80 Å². The Kier molecular flexibility index (Phi) is 5.31. The first-order chi connectivity index (χ1) is 14.3. The Morgan fingerprint density at radius 2 is 1.27 bits per heavy atom. The summed E-state index contributed by atoms with van der Waals surface area (Å²) in [6.07, 6.45) is 2.06. The van der Waals surface area contributed by atoms with Crippen LogP contribution in [0.2, 0.25) is 0 Å². The number of rotatable bonds is 4. The molecule has 3 nitrogen and oxygen atoms in total. The van der Waals surface area contributed by atoms with Crippen LogP contribution < -0.4 is 9.80 Å². The van der Waals surface area contributed by atoms with Crippen molar-refractivity contribution in [2.45, 2.75) is 66.5 Å². The molecule has 3 heteroatoms. The zero-order valence-electron chi connectivity index (χ0n) is 19.3. The van der Waals surface area contributed by atoms with Crippen molar-refractivity contribution in [3.05, 3.63) is 77.1 Å². The fourth-order valence-electron chi connectivity index (χ4n) is 4.84. The molecule has 4 rings (SSSR count). The van der Waals surface area contributed by atoms with Gasteiger partial charge in [0.05, 0.1) is 28.4 Å². The normalized spacial score (nSPS) is 16.0. The number of benzene rings is 2. The Labute approximate surface area is 181 Å². The summed E-state index contributed by atoms with van der Waals surface area (Å²) in [5.74, 6) is 0.906. The fourth-order valence-corrected chi connectivity index (χ4v) is 4.84. The van der Waals surface area contributed by atoms with Crippen LogP contribution in [0.15, 0.2) is 54.7 Å². The quantitative estimate of drug-likeness (QED) is 0.451. The number of aryl methyl sites for hydroxylation is 2. The summed E-state index contributed by atoms with van der Waals surface area (Å²) in [7, 11) is 0. The molecule has 0 amide bonds. The third-order valence-electron chi connectivity index (χ3n) is 6.28. The van der Waals surface area contributed by atoms with Gasteiger partial charge in [0, 0.05) is 6.20 Å². The van der Waals surface area contributed by atoms with Gasteiger partial charge in [0.15, 0.2) is 0 Å². The lowest BCUT2D eigenvalue weighted by molar-refractivity contribution is 0.733. The average molecular weight is 400 g/mol. The third kappa shape index (κ3) is 3.17. The number of hydrogen-bond acceptors (Lipinski definition) is 3. The van der Waals surface area contributed by atoms with Crippen LogP contribution in [0, 0.1) is 13.8 Å². The van der Waals surface area contributed by atoms with E-state index in [1.807, 2.05) is 6.20 Å². The van der Waals surface area contributed by atoms with E-state index in [2.05, 4.69) is 112 Å². The molecule has 0 aliphatic carbocycles. The van der Waals surface area contributed by atoms with Crippen molar-refractivity contribution >= 4 is 22.7 Å². The lowest BCUT2D eigenvalue weighted by atomic mass is 9.91. The maximum atomic E-state index is 4.62. The SMILES string of the molecule is Cc1ccnc(C)c1N1c2ccccc2N(c2c(C(C)C)cccc2C(C)C)[C@H]1C. The Morgan fingerprint density at radius 3 is 1.77 bits per heavy atom. The third-order valence-corrected chi connectivity index (χ3v) is 6.28. The average Bonchev–Trinajstić information content (AvgIpc) is 2.99.